The van der Waals surface area contributed by atoms with Gasteiger partial charge in [-0.25, -0.2) is 0 Å². The minimum Gasteiger partial charge on any atom is -0.496 e. The minimum atomic E-state index is 0.0168. The van der Waals surface area contributed by atoms with Crippen LogP contribution in [0.3, 0.4) is 0 Å². The third-order valence-corrected chi connectivity index (χ3v) is 3.81. The van der Waals surface area contributed by atoms with Crippen LogP contribution < -0.4 is 4.74 Å². The lowest BCUT2D eigenvalue weighted by atomic mass is 10.1. The lowest BCUT2D eigenvalue weighted by Gasteiger charge is -2.06. The van der Waals surface area contributed by atoms with Gasteiger partial charge in [0.1, 0.15) is 11.6 Å². The summed E-state index contributed by atoms with van der Waals surface area (Å²) in [4.78, 5) is 12.2. The highest BCUT2D eigenvalue weighted by Crippen LogP contribution is 2.22. The normalized spacial score (nSPS) is 10.5. The van der Waals surface area contributed by atoms with Crippen LogP contribution in [0.1, 0.15) is 16.2 Å². The molecule has 0 atom stereocenters. The molecule has 0 saturated carbocycles. The van der Waals surface area contributed by atoms with Gasteiger partial charge >= 0.3 is 0 Å². The first-order valence-corrected chi connectivity index (χ1v) is 6.77. The molecule has 19 heavy (non-hydrogen) atoms. The maximum absolute atomic E-state index is 12.2. The highest BCUT2D eigenvalue weighted by Gasteiger charge is 2.14. The SMILES string of the molecule is COc1ccccc1C(=O)CSc1nnc(C)n1C. The van der Waals surface area contributed by atoms with Crippen molar-refractivity contribution < 1.29 is 9.53 Å². The number of carbonyl (C=O) groups is 1. The third kappa shape index (κ3) is 2.96. The van der Waals surface area contributed by atoms with Crippen molar-refractivity contribution in [1.82, 2.24) is 14.8 Å². The summed E-state index contributed by atoms with van der Waals surface area (Å²) in [5, 5.41) is 8.71. The van der Waals surface area contributed by atoms with E-state index in [1.54, 1.807) is 19.2 Å². The van der Waals surface area contributed by atoms with Gasteiger partial charge in [-0.2, -0.15) is 0 Å². The second-order valence-corrected chi connectivity index (χ2v) is 4.94. The van der Waals surface area contributed by atoms with E-state index >= 15 is 0 Å². The molecule has 2 rings (SSSR count). The Balaban J connectivity index is 2.07. The molecule has 0 amide bonds. The van der Waals surface area contributed by atoms with Crippen molar-refractivity contribution in [3.05, 3.63) is 35.7 Å². The molecule has 1 aromatic carbocycles. The fraction of sp³-hybridized carbons (Fsp3) is 0.308. The first-order chi connectivity index (χ1) is 9.13. The molecule has 0 aliphatic heterocycles. The molecule has 0 saturated heterocycles. The lowest BCUT2D eigenvalue weighted by molar-refractivity contribution is 0.101. The topological polar surface area (TPSA) is 57.0 Å². The number of nitrogens with zero attached hydrogens (tertiary/aromatic N) is 3. The van der Waals surface area contributed by atoms with E-state index in [1.807, 2.05) is 30.7 Å². The molecule has 0 spiro atoms. The van der Waals surface area contributed by atoms with Crippen LogP contribution in [0.5, 0.6) is 5.75 Å². The Kier molecular flexibility index (Phi) is 4.21. The number of Topliss-reactive ketones (excluding diaryl/α,β-unsaturated/α-hetero) is 1. The van der Waals surface area contributed by atoms with Crippen molar-refractivity contribution in [3.63, 3.8) is 0 Å². The van der Waals surface area contributed by atoms with Gasteiger partial charge in [-0.05, 0) is 19.1 Å². The number of carbonyl (C=O) groups excluding carboxylic acids is 1. The lowest BCUT2D eigenvalue weighted by Crippen LogP contribution is -2.06. The zero-order valence-electron chi connectivity index (χ0n) is 11.1. The summed E-state index contributed by atoms with van der Waals surface area (Å²) in [6, 6.07) is 7.22. The molecule has 100 valence electrons. The van der Waals surface area contributed by atoms with E-state index in [4.69, 9.17) is 4.74 Å². The van der Waals surface area contributed by atoms with Crippen LogP contribution in [0.25, 0.3) is 0 Å². The molecule has 1 aromatic heterocycles. The number of thioether (sulfide) groups is 1. The van der Waals surface area contributed by atoms with Gasteiger partial charge in [0, 0.05) is 7.05 Å². The van der Waals surface area contributed by atoms with Gasteiger partial charge in [-0.15, -0.1) is 10.2 Å². The van der Waals surface area contributed by atoms with Crippen molar-refractivity contribution in [3.8, 4) is 5.75 Å². The van der Waals surface area contributed by atoms with E-state index in [2.05, 4.69) is 10.2 Å². The Morgan fingerprint density at radius 2 is 2.11 bits per heavy atom. The summed E-state index contributed by atoms with van der Waals surface area (Å²) in [6.45, 7) is 1.87. The summed E-state index contributed by atoms with van der Waals surface area (Å²) >= 11 is 1.37. The van der Waals surface area contributed by atoms with Crippen molar-refractivity contribution in [1.29, 1.82) is 0 Å². The number of ether oxygens (including phenoxy) is 1. The molecule has 0 radical (unpaired) electrons. The van der Waals surface area contributed by atoms with Crippen LogP contribution in [0.2, 0.25) is 0 Å². The fourth-order valence-electron chi connectivity index (χ4n) is 1.60. The van der Waals surface area contributed by atoms with Crippen LogP contribution >= 0.6 is 11.8 Å². The summed E-state index contributed by atoms with van der Waals surface area (Å²) in [6.07, 6.45) is 0. The number of hydrogen-bond acceptors (Lipinski definition) is 5. The number of methoxy groups -OCH3 is 1. The largest absolute Gasteiger partial charge is 0.496 e. The Hall–Kier alpha value is -1.82. The Labute approximate surface area is 116 Å². The quantitative estimate of drug-likeness (QED) is 0.619. The summed E-state index contributed by atoms with van der Waals surface area (Å²) in [7, 11) is 3.44. The number of para-hydroxylation sites is 1. The van der Waals surface area contributed by atoms with Crippen molar-refractivity contribution in [2.45, 2.75) is 12.1 Å². The first-order valence-electron chi connectivity index (χ1n) is 5.78. The molecule has 5 nitrogen and oxygen atoms in total. The van der Waals surface area contributed by atoms with Gasteiger partial charge in [0.15, 0.2) is 10.9 Å². The molecular formula is C13H15N3O2S. The second-order valence-electron chi connectivity index (χ2n) is 4.00. The molecule has 2 aromatic rings. The molecule has 0 fully saturated rings. The van der Waals surface area contributed by atoms with Crippen LogP contribution in [-0.4, -0.2) is 33.4 Å². The smallest absolute Gasteiger partial charge is 0.191 e. The molecule has 0 aliphatic rings. The highest BCUT2D eigenvalue weighted by atomic mass is 32.2. The number of hydrogen-bond donors (Lipinski definition) is 0. The Morgan fingerprint density at radius 3 is 2.74 bits per heavy atom. The number of benzene rings is 1. The maximum atomic E-state index is 12.2. The second kappa shape index (κ2) is 5.88. The summed E-state index contributed by atoms with van der Waals surface area (Å²) in [5.41, 5.74) is 0.594. The van der Waals surface area contributed by atoms with E-state index in [-0.39, 0.29) is 5.78 Å². The molecule has 0 bridgehead atoms. The van der Waals surface area contributed by atoms with Crippen molar-refractivity contribution in [2.24, 2.45) is 7.05 Å². The monoisotopic (exact) mass is 277 g/mol. The first kappa shape index (κ1) is 13.6. The Morgan fingerprint density at radius 1 is 1.37 bits per heavy atom. The van der Waals surface area contributed by atoms with Crippen molar-refractivity contribution in [2.75, 3.05) is 12.9 Å². The molecule has 6 heteroatoms. The average Bonchev–Trinajstić information content (AvgIpc) is 2.76. The van der Waals surface area contributed by atoms with E-state index in [1.165, 1.54) is 11.8 Å². The standard InChI is InChI=1S/C13H15N3O2S/c1-9-14-15-13(16(9)2)19-8-11(17)10-6-4-5-7-12(10)18-3/h4-7H,8H2,1-3H3. The number of ketones is 1. The summed E-state index contributed by atoms with van der Waals surface area (Å²) in [5.74, 6) is 1.75. The highest BCUT2D eigenvalue weighted by molar-refractivity contribution is 7.99. The van der Waals surface area contributed by atoms with Gasteiger partial charge in [0.2, 0.25) is 0 Å². The van der Waals surface area contributed by atoms with Crippen LogP contribution in [0.15, 0.2) is 29.4 Å². The number of aryl methyl sites for hydroxylation is 1. The van der Waals surface area contributed by atoms with E-state index in [9.17, 15) is 4.79 Å². The number of rotatable bonds is 5. The van der Waals surface area contributed by atoms with Gasteiger partial charge in [-0.3, -0.25) is 4.79 Å². The summed E-state index contributed by atoms with van der Waals surface area (Å²) < 4.78 is 7.04. The zero-order chi connectivity index (χ0) is 13.8. The third-order valence-electron chi connectivity index (χ3n) is 2.79. The predicted molar refractivity (Wildman–Crippen MR) is 73.8 cm³/mol. The van der Waals surface area contributed by atoms with Crippen LogP contribution in [0.4, 0.5) is 0 Å². The van der Waals surface area contributed by atoms with Gasteiger partial charge < -0.3 is 9.30 Å². The Bertz CT molecular complexity index is 595. The number of aromatic nitrogens is 3. The molecule has 0 aliphatic carbocycles. The maximum Gasteiger partial charge on any atom is 0.191 e. The average molecular weight is 277 g/mol. The predicted octanol–water partition coefficient (Wildman–Crippen LogP) is 2.11. The van der Waals surface area contributed by atoms with Gasteiger partial charge in [0.25, 0.3) is 0 Å². The van der Waals surface area contributed by atoms with Crippen LogP contribution in [0, 0.1) is 6.92 Å². The van der Waals surface area contributed by atoms with E-state index in [0.717, 1.165) is 11.0 Å². The molecular weight excluding hydrogens is 262 g/mol. The molecule has 0 unspecified atom stereocenters. The van der Waals surface area contributed by atoms with Crippen molar-refractivity contribution >= 4 is 17.5 Å². The molecule has 1 heterocycles. The van der Waals surface area contributed by atoms with Gasteiger partial charge in [-0.1, -0.05) is 23.9 Å². The minimum absolute atomic E-state index is 0.0168. The van der Waals surface area contributed by atoms with Gasteiger partial charge in [0.05, 0.1) is 18.4 Å². The van der Waals surface area contributed by atoms with E-state index in [0.29, 0.717) is 17.1 Å². The molecule has 0 N–H and O–H groups in total. The zero-order valence-corrected chi connectivity index (χ0v) is 11.9. The van der Waals surface area contributed by atoms with E-state index < -0.39 is 0 Å². The van der Waals surface area contributed by atoms with Crippen LogP contribution in [-0.2, 0) is 7.05 Å². The fourth-order valence-corrected chi connectivity index (χ4v) is 2.44.